The van der Waals surface area contributed by atoms with Crippen molar-refractivity contribution in [3.8, 4) is 11.3 Å². The molecule has 3 aromatic rings. The number of aryl methyl sites for hydroxylation is 1. The van der Waals surface area contributed by atoms with Gasteiger partial charge in [0.2, 0.25) is 0 Å². The average Bonchev–Trinajstić information content (AvgIpc) is 3.02. The predicted molar refractivity (Wildman–Crippen MR) is 93.3 cm³/mol. The van der Waals surface area contributed by atoms with Gasteiger partial charge in [-0.25, -0.2) is 4.98 Å². The third-order valence-electron chi connectivity index (χ3n) is 3.38. The number of aromatic nitrogens is 1. The van der Waals surface area contributed by atoms with Crippen molar-refractivity contribution in [1.82, 2.24) is 4.98 Å². The Morgan fingerprint density at radius 3 is 2.58 bits per heavy atom. The lowest BCUT2D eigenvalue weighted by molar-refractivity contribution is -0.384. The monoisotopic (exact) mass is 339 g/mol. The van der Waals surface area contributed by atoms with Crippen molar-refractivity contribution < 1.29 is 9.72 Å². The fraction of sp³-hybridized carbons (Fsp3) is 0.0588. The number of amides is 1. The first-order valence-electron chi connectivity index (χ1n) is 7.11. The Morgan fingerprint density at radius 1 is 1.21 bits per heavy atom. The standard InChI is InChI=1S/C17H13N3O3S/c1-11-18-16(10-24-11)12-5-7-14(8-6-12)19-17(21)13-3-2-4-15(9-13)20(22)23/h2-10H,1H3,(H,19,21). The van der Waals surface area contributed by atoms with Crippen LogP contribution in [0.25, 0.3) is 11.3 Å². The second kappa shape index (κ2) is 6.59. The maximum Gasteiger partial charge on any atom is 0.270 e. The van der Waals surface area contributed by atoms with Gasteiger partial charge in [0, 0.05) is 34.3 Å². The smallest absolute Gasteiger partial charge is 0.270 e. The Balaban J connectivity index is 1.75. The highest BCUT2D eigenvalue weighted by Crippen LogP contribution is 2.23. The van der Waals surface area contributed by atoms with Gasteiger partial charge in [0.15, 0.2) is 0 Å². The molecule has 0 bridgehead atoms. The number of nitro benzene ring substituents is 1. The Hall–Kier alpha value is -3.06. The Bertz CT molecular complexity index is 903. The molecular formula is C17H13N3O3S. The summed E-state index contributed by atoms with van der Waals surface area (Å²) in [6, 6.07) is 12.9. The first-order valence-corrected chi connectivity index (χ1v) is 7.99. The number of carbonyl (C=O) groups excluding carboxylic acids is 1. The van der Waals surface area contributed by atoms with Crippen molar-refractivity contribution in [3.63, 3.8) is 0 Å². The minimum atomic E-state index is -0.526. The molecule has 0 fully saturated rings. The van der Waals surface area contributed by atoms with Crippen LogP contribution in [0.15, 0.2) is 53.9 Å². The molecule has 0 aliphatic rings. The molecule has 24 heavy (non-hydrogen) atoms. The molecular weight excluding hydrogens is 326 g/mol. The van der Waals surface area contributed by atoms with Crippen LogP contribution in [0.5, 0.6) is 0 Å². The lowest BCUT2D eigenvalue weighted by Crippen LogP contribution is -2.11. The van der Waals surface area contributed by atoms with E-state index in [1.165, 1.54) is 24.3 Å². The van der Waals surface area contributed by atoms with Gasteiger partial charge in [0.1, 0.15) is 0 Å². The number of anilines is 1. The van der Waals surface area contributed by atoms with Crippen molar-refractivity contribution in [2.75, 3.05) is 5.32 Å². The van der Waals surface area contributed by atoms with Gasteiger partial charge < -0.3 is 5.32 Å². The highest BCUT2D eigenvalue weighted by Gasteiger charge is 2.12. The van der Waals surface area contributed by atoms with Crippen LogP contribution in [0.1, 0.15) is 15.4 Å². The molecule has 6 nitrogen and oxygen atoms in total. The summed E-state index contributed by atoms with van der Waals surface area (Å²) in [5.41, 5.74) is 2.60. The van der Waals surface area contributed by atoms with Crippen LogP contribution in [-0.4, -0.2) is 15.8 Å². The van der Waals surface area contributed by atoms with E-state index in [2.05, 4.69) is 10.3 Å². The first kappa shape index (κ1) is 15.8. The fourth-order valence-electron chi connectivity index (χ4n) is 2.18. The summed E-state index contributed by atoms with van der Waals surface area (Å²) in [6.07, 6.45) is 0. The van der Waals surface area contributed by atoms with Gasteiger partial charge >= 0.3 is 0 Å². The molecule has 0 unspecified atom stereocenters. The third-order valence-corrected chi connectivity index (χ3v) is 4.15. The molecule has 1 N–H and O–H groups in total. The van der Waals surface area contributed by atoms with Crippen molar-refractivity contribution >= 4 is 28.6 Å². The van der Waals surface area contributed by atoms with Crippen molar-refractivity contribution in [1.29, 1.82) is 0 Å². The normalized spacial score (nSPS) is 10.4. The van der Waals surface area contributed by atoms with E-state index in [0.717, 1.165) is 16.3 Å². The van der Waals surface area contributed by atoms with Crippen LogP contribution in [-0.2, 0) is 0 Å². The topological polar surface area (TPSA) is 85.1 Å². The molecule has 0 spiro atoms. The lowest BCUT2D eigenvalue weighted by atomic mass is 10.1. The fourth-order valence-corrected chi connectivity index (χ4v) is 2.81. The molecule has 0 saturated carbocycles. The zero-order valence-corrected chi connectivity index (χ0v) is 13.5. The molecule has 120 valence electrons. The van der Waals surface area contributed by atoms with Gasteiger partial charge in [0.25, 0.3) is 11.6 Å². The molecule has 7 heteroatoms. The maximum absolute atomic E-state index is 12.2. The van der Waals surface area contributed by atoms with Gasteiger partial charge in [-0.2, -0.15) is 0 Å². The number of rotatable bonds is 4. The Labute approximate surface area is 141 Å². The molecule has 2 aromatic carbocycles. The summed E-state index contributed by atoms with van der Waals surface area (Å²) in [7, 11) is 0. The minimum absolute atomic E-state index is 0.114. The molecule has 3 rings (SSSR count). The maximum atomic E-state index is 12.2. The highest BCUT2D eigenvalue weighted by atomic mass is 32.1. The van der Waals surface area contributed by atoms with E-state index in [0.29, 0.717) is 5.69 Å². The lowest BCUT2D eigenvalue weighted by Gasteiger charge is -2.06. The van der Waals surface area contributed by atoms with E-state index >= 15 is 0 Å². The van der Waals surface area contributed by atoms with Crippen molar-refractivity contribution in [3.05, 3.63) is 74.6 Å². The quantitative estimate of drug-likeness (QED) is 0.568. The van der Waals surface area contributed by atoms with Gasteiger partial charge in [-0.15, -0.1) is 11.3 Å². The number of benzene rings is 2. The van der Waals surface area contributed by atoms with Crippen LogP contribution in [0.4, 0.5) is 11.4 Å². The van der Waals surface area contributed by atoms with E-state index in [9.17, 15) is 14.9 Å². The molecule has 0 radical (unpaired) electrons. The predicted octanol–water partition coefficient (Wildman–Crippen LogP) is 4.28. The molecule has 1 amide bonds. The second-order valence-corrected chi connectivity index (χ2v) is 6.15. The zero-order valence-electron chi connectivity index (χ0n) is 12.7. The minimum Gasteiger partial charge on any atom is -0.322 e. The Morgan fingerprint density at radius 2 is 1.96 bits per heavy atom. The molecule has 0 aliphatic heterocycles. The van der Waals surface area contributed by atoms with E-state index in [-0.39, 0.29) is 11.3 Å². The number of thiazole rings is 1. The summed E-state index contributed by atoms with van der Waals surface area (Å²) in [4.78, 5) is 26.9. The van der Waals surface area contributed by atoms with E-state index < -0.39 is 10.8 Å². The Kier molecular flexibility index (Phi) is 4.35. The molecule has 0 saturated heterocycles. The molecule has 0 atom stereocenters. The summed E-state index contributed by atoms with van der Waals surface area (Å²) in [5, 5.41) is 16.5. The second-order valence-electron chi connectivity index (χ2n) is 5.09. The molecule has 1 heterocycles. The number of nitrogens with one attached hydrogen (secondary N) is 1. The number of non-ortho nitro benzene ring substituents is 1. The van der Waals surface area contributed by atoms with Gasteiger partial charge in [0.05, 0.1) is 15.6 Å². The van der Waals surface area contributed by atoms with Crippen LogP contribution in [0.3, 0.4) is 0 Å². The van der Waals surface area contributed by atoms with E-state index in [4.69, 9.17) is 0 Å². The number of carbonyl (C=O) groups is 1. The van der Waals surface area contributed by atoms with Crippen LogP contribution >= 0.6 is 11.3 Å². The van der Waals surface area contributed by atoms with Crippen LogP contribution < -0.4 is 5.32 Å². The van der Waals surface area contributed by atoms with Crippen LogP contribution in [0.2, 0.25) is 0 Å². The van der Waals surface area contributed by atoms with Gasteiger partial charge in [-0.3, -0.25) is 14.9 Å². The SMILES string of the molecule is Cc1nc(-c2ccc(NC(=O)c3cccc([N+](=O)[O-])c3)cc2)cs1. The number of nitro groups is 1. The molecule has 1 aromatic heterocycles. The van der Waals surface area contributed by atoms with E-state index in [1.807, 2.05) is 24.4 Å². The van der Waals surface area contributed by atoms with Crippen LogP contribution in [0, 0.1) is 17.0 Å². The zero-order chi connectivity index (χ0) is 17.1. The van der Waals surface area contributed by atoms with Crippen molar-refractivity contribution in [2.24, 2.45) is 0 Å². The summed E-state index contributed by atoms with van der Waals surface area (Å²) < 4.78 is 0. The molecule has 0 aliphatic carbocycles. The summed E-state index contributed by atoms with van der Waals surface area (Å²) >= 11 is 1.58. The number of hydrogen-bond acceptors (Lipinski definition) is 5. The van der Waals surface area contributed by atoms with E-state index in [1.54, 1.807) is 23.5 Å². The number of hydrogen-bond donors (Lipinski definition) is 1. The summed E-state index contributed by atoms with van der Waals surface area (Å²) in [5.74, 6) is -0.393. The number of nitrogens with zero attached hydrogens (tertiary/aromatic N) is 2. The largest absolute Gasteiger partial charge is 0.322 e. The van der Waals surface area contributed by atoms with Gasteiger partial charge in [-0.1, -0.05) is 18.2 Å². The highest BCUT2D eigenvalue weighted by molar-refractivity contribution is 7.09. The van der Waals surface area contributed by atoms with Gasteiger partial charge in [-0.05, 0) is 25.1 Å². The first-order chi connectivity index (χ1) is 11.5. The summed E-state index contributed by atoms with van der Waals surface area (Å²) in [6.45, 7) is 1.95. The third kappa shape index (κ3) is 3.47. The van der Waals surface area contributed by atoms with Crippen molar-refractivity contribution in [2.45, 2.75) is 6.92 Å². The average molecular weight is 339 g/mol.